The molecule has 0 spiro atoms. The molecule has 1 unspecified atom stereocenters. The number of hydrogen-bond acceptors (Lipinski definition) is 13. The number of aromatic nitrogens is 1. The van der Waals surface area contributed by atoms with Crippen LogP contribution < -0.4 is 83.3 Å². The van der Waals surface area contributed by atoms with E-state index in [1.807, 2.05) is 36.5 Å². The Morgan fingerprint density at radius 2 is 1.22 bits per heavy atom. The molecule has 0 bridgehead atoms. The van der Waals surface area contributed by atoms with Crippen LogP contribution in [0.4, 0.5) is 0 Å². The fourth-order valence-electron chi connectivity index (χ4n) is 9.38. The minimum atomic E-state index is -4.03. The Hall–Kier alpha value is -5.66. The monoisotopic (exact) mass is 997 g/mol. The molecule has 14 nitrogen and oxygen atoms in total. The number of ether oxygens (including phenoxy) is 6. The molecule has 1 aromatic heterocycles. The topological polar surface area (TPSA) is 149 Å². The standard InChI is InChI=1S/C25H23NO6S.C25H20NO6S.B.ClH.Na.H/c2*1-29-22-8-7-16-11-21-19-13-24-23(30-15-31-24)12-17(19)9-10-26(21)14-20(16)25(22)32-33(27,28)18-5-3-2-4-6-18;;;;/h2-8,12-13,21H,9-11,14-15H2,1H3;2-8,11-14H,9-10,15H2,1H3;;1H;;/q;+1;;;+1;-1/p-1. The molecule has 7 aromatic rings. The van der Waals surface area contributed by atoms with Crippen molar-refractivity contribution in [3.63, 3.8) is 0 Å². The van der Waals surface area contributed by atoms with Crippen molar-refractivity contribution in [2.24, 2.45) is 0 Å². The maximum atomic E-state index is 13.0. The summed E-state index contributed by atoms with van der Waals surface area (Å²) in [5, 5.41) is 1.49. The first-order valence-corrected chi connectivity index (χ1v) is 24.2. The van der Waals surface area contributed by atoms with Gasteiger partial charge in [-0.15, -0.1) is 0 Å². The third-order valence-corrected chi connectivity index (χ3v) is 15.1. The van der Waals surface area contributed by atoms with Crippen molar-refractivity contribution in [1.82, 2.24) is 4.90 Å². The average Bonchev–Trinajstić information content (AvgIpc) is 4.01. The fourth-order valence-corrected chi connectivity index (χ4v) is 11.3. The van der Waals surface area contributed by atoms with Crippen LogP contribution in [0, 0.1) is 0 Å². The van der Waals surface area contributed by atoms with Gasteiger partial charge >= 0.3 is 49.8 Å². The van der Waals surface area contributed by atoms with Crippen molar-refractivity contribution in [3.8, 4) is 57.3 Å². The number of halogens is 1. The second-order valence-corrected chi connectivity index (χ2v) is 19.4. The molecular weight excluding hydrogens is 954 g/mol. The maximum absolute atomic E-state index is 13.0. The molecule has 0 N–H and O–H groups in total. The molecule has 0 aliphatic carbocycles. The zero-order chi connectivity index (χ0) is 45.2. The molecule has 6 heterocycles. The summed E-state index contributed by atoms with van der Waals surface area (Å²) < 4.78 is 98.6. The van der Waals surface area contributed by atoms with Crippen molar-refractivity contribution in [3.05, 3.63) is 149 Å². The molecule has 0 saturated heterocycles. The van der Waals surface area contributed by atoms with E-state index in [1.165, 1.54) is 55.2 Å². The number of aryl methyl sites for hydroxylation is 2. The van der Waals surface area contributed by atoms with Crippen LogP contribution in [0.5, 0.6) is 46.0 Å². The minimum Gasteiger partial charge on any atom is -1.00 e. The smallest absolute Gasteiger partial charge is 1.00 e. The molecule has 0 fully saturated rings. The van der Waals surface area contributed by atoms with E-state index in [2.05, 4.69) is 21.6 Å². The summed E-state index contributed by atoms with van der Waals surface area (Å²) in [6.45, 7) is 2.65. The number of benzene rings is 6. The van der Waals surface area contributed by atoms with Gasteiger partial charge in [-0.1, -0.05) is 42.5 Å². The van der Waals surface area contributed by atoms with Crippen LogP contribution in [0.3, 0.4) is 0 Å². The van der Waals surface area contributed by atoms with Crippen molar-refractivity contribution in [2.45, 2.75) is 48.2 Å². The van der Waals surface area contributed by atoms with E-state index in [4.69, 9.17) is 36.8 Å². The first kappa shape index (κ1) is 49.8. The van der Waals surface area contributed by atoms with E-state index in [0.29, 0.717) is 23.4 Å². The Labute approximate surface area is 432 Å². The molecule has 19 heteroatoms. The molecule has 69 heavy (non-hydrogen) atoms. The number of methoxy groups -OCH3 is 2. The zero-order valence-electron chi connectivity index (χ0n) is 38.8. The van der Waals surface area contributed by atoms with Crippen molar-refractivity contribution < 1.29 is 102 Å². The van der Waals surface area contributed by atoms with Gasteiger partial charge in [0.15, 0.2) is 58.7 Å². The Morgan fingerprint density at radius 1 is 0.652 bits per heavy atom. The molecule has 349 valence electrons. The second-order valence-electron chi connectivity index (χ2n) is 16.3. The second kappa shape index (κ2) is 20.0. The maximum Gasteiger partial charge on any atom is 1.00 e. The van der Waals surface area contributed by atoms with E-state index in [0.717, 1.165) is 83.1 Å². The molecule has 3 radical (unpaired) electrons. The Kier molecular flexibility index (Phi) is 14.4. The first-order chi connectivity index (χ1) is 32.1. The van der Waals surface area contributed by atoms with Gasteiger partial charge in [0, 0.05) is 45.6 Å². The average molecular weight is 998 g/mol. The normalized spacial score (nSPS) is 15.7. The van der Waals surface area contributed by atoms with Crippen LogP contribution in [0.1, 0.15) is 35.3 Å². The van der Waals surface area contributed by atoms with Gasteiger partial charge < -0.3 is 50.6 Å². The van der Waals surface area contributed by atoms with E-state index in [-0.39, 0.29) is 92.7 Å². The van der Waals surface area contributed by atoms with E-state index in [1.54, 1.807) is 48.5 Å². The van der Waals surface area contributed by atoms with Crippen molar-refractivity contribution in [2.75, 3.05) is 34.4 Å². The van der Waals surface area contributed by atoms with Crippen LogP contribution in [0.25, 0.3) is 22.0 Å². The predicted octanol–water partition coefficient (Wildman–Crippen LogP) is 1.44. The Balaban J connectivity index is 0.000000195. The van der Waals surface area contributed by atoms with Gasteiger partial charge in [0.1, 0.15) is 9.79 Å². The molecule has 5 aliphatic heterocycles. The molecule has 0 amide bonds. The summed E-state index contributed by atoms with van der Waals surface area (Å²) in [7, 11) is -5.01. The SMILES string of the molecule is COc1ccc2c(c1OS(=O)(=O)c1ccccc1)CN1CCc3cc4c(cc3C1C2)OCO4.COc1ccc2cc3[n+](cc2c1OS(=O)(=O)c1ccccc1)CCc1cc2c(cc1-3)OCO2.[B].[Cl-].[H-].[Na+]. The van der Waals surface area contributed by atoms with Gasteiger partial charge in [-0.2, -0.15) is 21.4 Å². The van der Waals surface area contributed by atoms with E-state index >= 15 is 0 Å². The molecular formula is C50H44BClN2NaO12S2. The van der Waals surface area contributed by atoms with Crippen molar-refractivity contribution >= 4 is 39.4 Å². The summed E-state index contributed by atoms with van der Waals surface area (Å²) in [6.07, 6.45) is 4.38. The van der Waals surface area contributed by atoms with Gasteiger partial charge in [-0.05, 0) is 107 Å². The number of nitrogens with zero attached hydrogens (tertiary/aromatic N) is 2. The minimum absolute atomic E-state index is 0. The van der Waals surface area contributed by atoms with Crippen LogP contribution in [-0.2, 0) is 52.6 Å². The zero-order valence-corrected chi connectivity index (χ0v) is 42.2. The van der Waals surface area contributed by atoms with Crippen LogP contribution in [0.15, 0.2) is 131 Å². The molecule has 12 rings (SSSR count). The third-order valence-electron chi connectivity index (χ3n) is 12.7. The first-order valence-electron chi connectivity index (χ1n) is 21.4. The quantitative estimate of drug-likeness (QED) is 0.123. The van der Waals surface area contributed by atoms with Crippen LogP contribution in [0.2, 0.25) is 0 Å². The number of pyridine rings is 1. The number of fused-ring (bicyclic) bond motifs is 10. The summed E-state index contributed by atoms with van der Waals surface area (Å²) in [4.78, 5) is 2.56. The van der Waals surface area contributed by atoms with Crippen LogP contribution in [-0.4, -0.2) is 64.5 Å². The Morgan fingerprint density at radius 3 is 1.86 bits per heavy atom. The number of hydrogen-bond donors (Lipinski definition) is 0. The molecule has 5 aliphatic rings. The summed E-state index contributed by atoms with van der Waals surface area (Å²) in [5.41, 5.74) is 7.71. The third kappa shape index (κ3) is 9.29. The van der Waals surface area contributed by atoms with E-state index in [9.17, 15) is 16.8 Å². The fraction of sp³-hybridized carbons (Fsp3) is 0.220. The van der Waals surface area contributed by atoms with Gasteiger partial charge in [0.05, 0.1) is 25.2 Å². The Bertz CT molecular complexity index is 3320. The van der Waals surface area contributed by atoms with Crippen molar-refractivity contribution in [1.29, 1.82) is 0 Å². The van der Waals surface area contributed by atoms with Gasteiger partial charge in [-0.25, -0.2) is 0 Å². The summed E-state index contributed by atoms with van der Waals surface area (Å²) in [6, 6.07) is 34.1. The predicted molar refractivity (Wildman–Crippen MR) is 247 cm³/mol. The molecule has 6 aromatic carbocycles. The van der Waals surface area contributed by atoms with Gasteiger partial charge in [-0.3, -0.25) is 4.90 Å². The van der Waals surface area contributed by atoms with E-state index < -0.39 is 20.2 Å². The van der Waals surface area contributed by atoms with Gasteiger partial charge in [0.25, 0.3) is 0 Å². The summed E-state index contributed by atoms with van der Waals surface area (Å²) in [5.74, 6) is 4.30. The molecule has 1 atom stereocenters. The van der Waals surface area contributed by atoms with Gasteiger partial charge in [0.2, 0.25) is 19.3 Å². The summed E-state index contributed by atoms with van der Waals surface area (Å²) >= 11 is 0. The van der Waals surface area contributed by atoms with Crippen LogP contribution >= 0.6 is 0 Å². The number of rotatable bonds is 8. The largest absolute Gasteiger partial charge is 1.00 e. The molecule has 0 saturated carbocycles.